The van der Waals surface area contributed by atoms with Crippen LogP contribution in [0.4, 0.5) is 4.79 Å². The van der Waals surface area contributed by atoms with Gasteiger partial charge in [0, 0.05) is 18.7 Å². The minimum atomic E-state index is -0.492. The average Bonchev–Trinajstić information content (AvgIpc) is 3.63. The number of nitrogens with zero attached hydrogens (tertiary/aromatic N) is 1. The minimum Gasteiger partial charge on any atom is -0.342 e. The largest absolute Gasteiger partial charge is 0.452 e. The van der Waals surface area contributed by atoms with Crippen LogP contribution in [0.25, 0.3) is 10.8 Å². The third kappa shape index (κ3) is 4.38. The van der Waals surface area contributed by atoms with Crippen molar-refractivity contribution in [3.8, 4) is 5.75 Å². The quantitative estimate of drug-likeness (QED) is 0.418. The zero-order valence-electron chi connectivity index (χ0n) is 18.8. The van der Waals surface area contributed by atoms with Crippen LogP contribution in [0.15, 0.2) is 60.7 Å². The number of hydrogen-bond donors (Lipinski definition) is 1. The van der Waals surface area contributed by atoms with Crippen molar-refractivity contribution in [1.82, 2.24) is 10.2 Å². The van der Waals surface area contributed by atoms with Crippen LogP contribution in [0.5, 0.6) is 5.75 Å². The predicted octanol–water partition coefficient (Wildman–Crippen LogP) is 5.48. The summed E-state index contributed by atoms with van der Waals surface area (Å²) in [5.74, 6) is 0.164. The molecule has 33 heavy (non-hydrogen) atoms. The van der Waals surface area contributed by atoms with Gasteiger partial charge < -0.3 is 10.2 Å². The smallest absolute Gasteiger partial charge is 0.342 e. The van der Waals surface area contributed by atoms with Gasteiger partial charge in [-0.1, -0.05) is 48.5 Å². The molecule has 0 aromatic heterocycles. The number of hydrogen-bond acceptors (Lipinski definition) is 4. The number of likely N-dealkylation sites (tertiary alicyclic amines) is 1. The molecule has 3 aromatic rings. The second-order valence-corrected chi connectivity index (χ2v) is 9.02. The van der Waals surface area contributed by atoms with Crippen molar-refractivity contribution in [2.24, 2.45) is 0 Å². The van der Waals surface area contributed by atoms with E-state index in [0.717, 1.165) is 54.0 Å². The van der Waals surface area contributed by atoms with Crippen molar-refractivity contribution in [2.75, 3.05) is 13.1 Å². The Morgan fingerprint density at radius 2 is 1.70 bits per heavy atom. The van der Waals surface area contributed by atoms with Gasteiger partial charge in [-0.25, -0.2) is 9.68 Å². The van der Waals surface area contributed by atoms with Crippen molar-refractivity contribution < 1.29 is 19.4 Å². The normalized spacial score (nSPS) is 16.8. The summed E-state index contributed by atoms with van der Waals surface area (Å²) in [7, 11) is 0. The summed E-state index contributed by atoms with van der Waals surface area (Å²) in [6.07, 6.45) is 4.38. The topological polar surface area (TPSA) is 67.9 Å². The molecule has 1 aliphatic carbocycles. The number of benzene rings is 3. The number of piperidine rings is 1. The first-order valence-electron chi connectivity index (χ1n) is 11.6. The molecule has 0 atom stereocenters. The lowest BCUT2D eigenvalue weighted by molar-refractivity contribution is -0.154. The second kappa shape index (κ2) is 8.77. The molecule has 1 heterocycles. The molecule has 1 aliphatic heterocycles. The molecule has 5 rings (SSSR count). The molecule has 1 saturated heterocycles. The summed E-state index contributed by atoms with van der Waals surface area (Å²) in [5, 5.41) is 5.59. The fourth-order valence-corrected chi connectivity index (χ4v) is 4.62. The Kier molecular flexibility index (Phi) is 5.67. The van der Waals surface area contributed by atoms with Gasteiger partial charge >= 0.3 is 6.09 Å². The molecule has 6 heteroatoms. The van der Waals surface area contributed by atoms with E-state index in [1.807, 2.05) is 25.1 Å². The Hall–Kier alpha value is -3.54. The summed E-state index contributed by atoms with van der Waals surface area (Å²) in [4.78, 5) is 37.5. The highest BCUT2D eigenvalue weighted by Crippen LogP contribution is 2.48. The fraction of sp³-hybridized carbons (Fsp3) is 0.333. The number of nitrogens with one attached hydrogen (secondary N) is 1. The van der Waals surface area contributed by atoms with Crippen LogP contribution in [0.3, 0.4) is 0 Å². The molecule has 2 amide bonds. The van der Waals surface area contributed by atoms with Gasteiger partial charge in [0.05, 0.1) is 5.54 Å². The molecular formula is C27H28N2O4. The summed E-state index contributed by atoms with van der Waals surface area (Å²) in [6.45, 7) is 3.25. The van der Waals surface area contributed by atoms with Gasteiger partial charge in [-0.3, -0.25) is 9.68 Å². The number of carbonyl (C=O) groups excluding carboxylic acids is 2. The standard InChI is InChI=1S/C27H28N2O4/c1-19-12-13-21(32-33-26(31)29-16-5-2-6-17-29)18-23(19)25(30)28-27(14-15-27)24-11-7-9-20-8-3-4-10-22(20)24/h3-4,7-13,18H,2,5-6,14-17H2,1H3,(H,28,30). The van der Waals surface area contributed by atoms with E-state index in [-0.39, 0.29) is 11.4 Å². The number of carbonyl (C=O) groups is 2. The highest BCUT2D eigenvalue weighted by atomic mass is 17.2. The zero-order valence-corrected chi connectivity index (χ0v) is 18.8. The second-order valence-electron chi connectivity index (χ2n) is 9.02. The lowest BCUT2D eigenvalue weighted by Gasteiger charge is -2.24. The molecule has 170 valence electrons. The van der Waals surface area contributed by atoms with Crippen LogP contribution in [-0.2, 0) is 10.4 Å². The maximum atomic E-state index is 13.3. The van der Waals surface area contributed by atoms with Crippen LogP contribution < -0.4 is 10.2 Å². The first-order valence-corrected chi connectivity index (χ1v) is 11.6. The van der Waals surface area contributed by atoms with Gasteiger partial charge in [-0.2, -0.15) is 0 Å². The van der Waals surface area contributed by atoms with Gasteiger partial charge in [0.1, 0.15) is 0 Å². The lowest BCUT2D eigenvalue weighted by Crippen LogP contribution is -2.36. The van der Waals surface area contributed by atoms with Gasteiger partial charge in [0.15, 0.2) is 5.75 Å². The highest BCUT2D eigenvalue weighted by molar-refractivity contribution is 5.97. The Morgan fingerprint density at radius 3 is 2.48 bits per heavy atom. The zero-order chi connectivity index (χ0) is 22.8. The Labute approximate surface area is 193 Å². The molecule has 2 fully saturated rings. The minimum absolute atomic E-state index is 0.161. The van der Waals surface area contributed by atoms with Crippen LogP contribution in [0.1, 0.15) is 53.6 Å². The van der Waals surface area contributed by atoms with Crippen LogP contribution in [0.2, 0.25) is 0 Å². The van der Waals surface area contributed by atoms with Crippen molar-refractivity contribution in [1.29, 1.82) is 0 Å². The van der Waals surface area contributed by atoms with Crippen LogP contribution >= 0.6 is 0 Å². The van der Waals surface area contributed by atoms with Gasteiger partial charge in [-0.15, -0.1) is 0 Å². The van der Waals surface area contributed by atoms with Crippen LogP contribution in [0, 0.1) is 6.92 Å². The maximum absolute atomic E-state index is 13.3. The number of rotatable bonds is 5. The van der Waals surface area contributed by atoms with E-state index in [9.17, 15) is 9.59 Å². The highest BCUT2D eigenvalue weighted by Gasteiger charge is 2.46. The average molecular weight is 445 g/mol. The molecule has 0 unspecified atom stereocenters. The van der Waals surface area contributed by atoms with Crippen LogP contribution in [-0.4, -0.2) is 30.0 Å². The molecule has 1 N–H and O–H groups in total. The molecule has 6 nitrogen and oxygen atoms in total. The maximum Gasteiger partial charge on any atom is 0.452 e. The van der Waals surface area contributed by atoms with E-state index in [1.165, 1.54) is 0 Å². The summed E-state index contributed by atoms with van der Waals surface area (Å²) < 4.78 is 0. The number of fused-ring (bicyclic) bond motifs is 1. The van der Waals surface area contributed by atoms with Crippen molar-refractivity contribution in [3.05, 3.63) is 77.4 Å². The fourth-order valence-electron chi connectivity index (χ4n) is 4.62. The number of aryl methyl sites for hydroxylation is 1. The first kappa shape index (κ1) is 21.3. The molecule has 0 radical (unpaired) electrons. The molecule has 2 aliphatic rings. The Balaban J connectivity index is 1.31. The van der Waals surface area contributed by atoms with Crippen molar-refractivity contribution >= 4 is 22.8 Å². The molecule has 3 aromatic carbocycles. The van der Waals surface area contributed by atoms with E-state index in [2.05, 4.69) is 29.6 Å². The lowest BCUT2D eigenvalue weighted by atomic mass is 9.96. The van der Waals surface area contributed by atoms with E-state index >= 15 is 0 Å². The first-order chi connectivity index (χ1) is 16.1. The van der Waals surface area contributed by atoms with Crippen molar-refractivity contribution in [3.63, 3.8) is 0 Å². The molecular weight excluding hydrogens is 416 g/mol. The SMILES string of the molecule is Cc1ccc(OOC(=O)N2CCCCC2)cc1C(=O)NC1(c2cccc3ccccc23)CC1. The van der Waals surface area contributed by atoms with E-state index in [4.69, 9.17) is 9.78 Å². The Bertz CT molecular complexity index is 1190. The number of amides is 2. The molecule has 0 bridgehead atoms. The van der Waals surface area contributed by atoms with Gasteiger partial charge in [-0.05, 0) is 73.1 Å². The van der Waals surface area contributed by atoms with E-state index in [0.29, 0.717) is 24.4 Å². The molecule has 0 spiro atoms. The Morgan fingerprint density at radius 1 is 0.939 bits per heavy atom. The third-order valence-electron chi connectivity index (χ3n) is 6.69. The predicted molar refractivity (Wildman–Crippen MR) is 126 cm³/mol. The monoisotopic (exact) mass is 444 g/mol. The van der Waals surface area contributed by atoms with Gasteiger partial charge in [0.2, 0.25) is 0 Å². The third-order valence-corrected chi connectivity index (χ3v) is 6.69. The molecule has 1 saturated carbocycles. The van der Waals surface area contributed by atoms with E-state index in [1.54, 1.807) is 23.1 Å². The van der Waals surface area contributed by atoms with E-state index < -0.39 is 6.09 Å². The summed E-state index contributed by atoms with van der Waals surface area (Å²) in [5.41, 5.74) is 2.13. The summed E-state index contributed by atoms with van der Waals surface area (Å²) >= 11 is 0. The van der Waals surface area contributed by atoms with Crippen molar-refractivity contribution in [2.45, 2.75) is 44.6 Å². The van der Waals surface area contributed by atoms with Gasteiger partial charge in [0.25, 0.3) is 5.91 Å². The summed E-state index contributed by atoms with van der Waals surface area (Å²) in [6, 6.07) is 19.6.